The summed E-state index contributed by atoms with van der Waals surface area (Å²) in [4.78, 5) is 13.5. The van der Waals surface area contributed by atoms with Crippen molar-refractivity contribution in [3.8, 4) is 0 Å². The minimum Gasteiger partial charge on any atom is -0.312 e. The Balaban J connectivity index is 0.000000443. The van der Waals surface area contributed by atoms with Crippen molar-refractivity contribution >= 4 is 29.4 Å². The highest BCUT2D eigenvalue weighted by Gasteiger charge is 2.15. The van der Waals surface area contributed by atoms with Gasteiger partial charge in [-0.15, -0.1) is 0 Å². The van der Waals surface area contributed by atoms with Gasteiger partial charge in [-0.25, -0.2) is 0 Å². The number of hydrogen-bond donors (Lipinski definition) is 1. The van der Waals surface area contributed by atoms with Gasteiger partial charge < -0.3 is 9.69 Å². The van der Waals surface area contributed by atoms with Gasteiger partial charge in [0.05, 0.1) is 7.11 Å². The topological polar surface area (TPSA) is 83.9 Å². The van der Waals surface area contributed by atoms with E-state index < -0.39 is 10.4 Å². The predicted molar refractivity (Wildman–Crippen MR) is 98.8 cm³/mol. The average Bonchev–Trinajstić information content (AvgIpc) is 2.50. The molecule has 0 atom stereocenters. The monoisotopic (exact) mass is 355 g/mol. The molecule has 24 heavy (non-hydrogen) atoms. The van der Waals surface area contributed by atoms with Gasteiger partial charge in [0.2, 0.25) is 7.28 Å². The average molecular weight is 355 g/mol. The highest BCUT2D eigenvalue weighted by Crippen LogP contribution is 2.18. The molecule has 1 aliphatic heterocycles. The van der Waals surface area contributed by atoms with E-state index in [0.717, 1.165) is 44.7 Å². The standard InChI is InChI=1S/C12H13BO.C3H9N.CH4O4S/c14-12-11(7-4-8-13-12)9-10-5-2-1-3-6-10;1-4(2)3;1-5-6(2,3)4/h1-3,5-6,9,13H,4,7-8H2;1-3H3;1H3,(H,2,3,4). The van der Waals surface area contributed by atoms with E-state index in [4.69, 9.17) is 4.55 Å². The van der Waals surface area contributed by atoms with Crippen LogP contribution in [0.25, 0.3) is 6.08 Å². The summed E-state index contributed by atoms with van der Waals surface area (Å²) in [5.74, 6) is 0. The number of benzene rings is 1. The number of hydrogen-bond acceptors (Lipinski definition) is 5. The quantitative estimate of drug-likeness (QED) is 0.495. The number of carbonyl (C=O) groups is 1. The van der Waals surface area contributed by atoms with E-state index in [1.165, 1.54) is 0 Å². The molecule has 134 valence electrons. The van der Waals surface area contributed by atoms with Gasteiger partial charge in [0.15, 0.2) is 0 Å². The van der Waals surface area contributed by atoms with Crippen LogP contribution in [0.5, 0.6) is 0 Å². The maximum Gasteiger partial charge on any atom is 0.397 e. The minimum absolute atomic E-state index is 0.333. The molecule has 1 saturated heterocycles. The first-order valence-corrected chi connectivity index (χ1v) is 8.95. The smallest absolute Gasteiger partial charge is 0.312 e. The molecule has 1 heterocycles. The Morgan fingerprint density at radius 1 is 1.21 bits per heavy atom. The third-order valence-corrected chi connectivity index (χ3v) is 3.23. The molecule has 0 aromatic heterocycles. The van der Waals surface area contributed by atoms with E-state index in [0.29, 0.717) is 5.68 Å². The number of carbonyl (C=O) groups excluding carboxylic acids is 1. The van der Waals surface area contributed by atoms with Crippen molar-refractivity contribution in [2.45, 2.75) is 19.2 Å². The van der Waals surface area contributed by atoms with E-state index in [1.54, 1.807) is 0 Å². The van der Waals surface area contributed by atoms with Crippen molar-refractivity contribution in [1.29, 1.82) is 0 Å². The molecule has 8 heteroatoms. The van der Waals surface area contributed by atoms with Gasteiger partial charge >= 0.3 is 10.4 Å². The van der Waals surface area contributed by atoms with E-state index in [-0.39, 0.29) is 0 Å². The van der Waals surface area contributed by atoms with E-state index in [9.17, 15) is 13.2 Å². The second-order valence-electron chi connectivity index (χ2n) is 5.65. The summed E-state index contributed by atoms with van der Waals surface area (Å²) < 4.78 is 29.7. The lowest BCUT2D eigenvalue weighted by Crippen LogP contribution is -2.16. The van der Waals surface area contributed by atoms with Crippen molar-refractivity contribution < 1.29 is 21.9 Å². The lowest BCUT2D eigenvalue weighted by atomic mass is 9.61. The summed E-state index contributed by atoms with van der Waals surface area (Å²) in [6, 6.07) is 10.1. The highest BCUT2D eigenvalue weighted by atomic mass is 32.3. The number of rotatable bonds is 2. The summed E-state index contributed by atoms with van der Waals surface area (Å²) in [5, 5.41) is 0. The molecule has 2 rings (SSSR count). The van der Waals surface area contributed by atoms with Gasteiger partial charge in [0, 0.05) is 0 Å². The van der Waals surface area contributed by atoms with Crippen LogP contribution in [0.4, 0.5) is 0 Å². The third kappa shape index (κ3) is 13.0. The Morgan fingerprint density at radius 3 is 2.12 bits per heavy atom. The van der Waals surface area contributed by atoms with Crippen LogP contribution in [0.15, 0.2) is 35.9 Å². The van der Waals surface area contributed by atoms with Crippen LogP contribution >= 0.6 is 0 Å². The SMILES string of the molecule is CN(C)C.COS(=O)(=O)O.O=C1BCCCC1=Cc1ccccc1. The fraction of sp³-hybridized carbons (Fsp3) is 0.438. The first-order chi connectivity index (χ1) is 11.2. The number of allylic oxidation sites excluding steroid dienone is 1. The molecule has 0 radical (unpaired) electrons. The van der Waals surface area contributed by atoms with Crippen molar-refractivity contribution in [3.63, 3.8) is 0 Å². The van der Waals surface area contributed by atoms with Gasteiger partial charge in [0.1, 0.15) is 5.68 Å². The zero-order valence-electron chi connectivity index (χ0n) is 14.7. The Kier molecular flexibility index (Phi) is 11.2. The second-order valence-corrected chi connectivity index (χ2v) is 6.84. The molecule has 6 nitrogen and oxygen atoms in total. The Hall–Kier alpha value is -1.48. The fourth-order valence-electron chi connectivity index (χ4n) is 1.80. The molecule has 1 fully saturated rings. The van der Waals surface area contributed by atoms with Crippen LogP contribution in [0.1, 0.15) is 18.4 Å². The molecule has 0 bridgehead atoms. The zero-order chi connectivity index (χ0) is 18.6. The molecule has 0 saturated carbocycles. The molecule has 1 aromatic rings. The molecule has 0 aliphatic carbocycles. The molecular weight excluding hydrogens is 329 g/mol. The van der Waals surface area contributed by atoms with Crippen molar-refractivity contribution in [2.75, 3.05) is 28.3 Å². The number of nitrogens with zero attached hydrogens (tertiary/aromatic N) is 1. The van der Waals surface area contributed by atoms with Gasteiger partial charge in [0.25, 0.3) is 0 Å². The normalized spacial score (nSPS) is 15.8. The fourth-order valence-corrected chi connectivity index (χ4v) is 1.80. The highest BCUT2D eigenvalue weighted by molar-refractivity contribution is 7.80. The Bertz CT molecular complexity index is 612. The molecule has 0 amide bonds. The van der Waals surface area contributed by atoms with E-state index in [1.807, 2.05) is 62.5 Å². The van der Waals surface area contributed by atoms with Crippen LogP contribution in [-0.2, 0) is 19.4 Å². The molecule has 0 unspecified atom stereocenters. The molecule has 0 spiro atoms. The Morgan fingerprint density at radius 2 is 1.71 bits per heavy atom. The van der Waals surface area contributed by atoms with Crippen molar-refractivity contribution in [2.24, 2.45) is 0 Å². The maximum atomic E-state index is 11.5. The van der Waals surface area contributed by atoms with Crippen LogP contribution < -0.4 is 0 Å². The van der Waals surface area contributed by atoms with Gasteiger partial charge in [-0.2, -0.15) is 8.42 Å². The lowest BCUT2D eigenvalue weighted by molar-refractivity contribution is -0.109. The van der Waals surface area contributed by atoms with Crippen molar-refractivity contribution in [1.82, 2.24) is 4.90 Å². The molecule has 1 N–H and O–H groups in total. The van der Waals surface area contributed by atoms with Crippen LogP contribution in [0.2, 0.25) is 6.32 Å². The zero-order valence-corrected chi connectivity index (χ0v) is 15.5. The predicted octanol–water partition coefficient (Wildman–Crippen LogP) is 1.86. The van der Waals surface area contributed by atoms with Gasteiger partial charge in [-0.05, 0) is 44.8 Å². The van der Waals surface area contributed by atoms with Gasteiger partial charge in [-0.1, -0.05) is 43.1 Å². The first kappa shape index (κ1) is 22.5. The van der Waals surface area contributed by atoms with E-state index in [2.05, 4.69) is 4.18 Å². The van der Waals surface area contributed by atoms with E-state index >= 15 is 0 Å². The maximum absolute atomic E-state index is 11.5. The van der Waals surface area contributed by atoms with Crippen LogP contribution in [0, 0.1) is 0 Å². The van der Waals surface area contributed by atoms with Crippen LogP contribution in [-0.4, -0.2) is 59.1 Å². The summed E-state index contributed by atoms with van der Waals surface area (Å²) in [6.07, 6.45) is 5.20. The summed E-state index contributed by atoms with van der Waals surface area (Å²) in [5.41, 5.74) is 2.47. The molecular formula is C16H26BNO5S. The summed E-state index contributed by atoms with van der Waals surface area (Å²) in [6.45, 7) is 0. The summed E-state index contributed by atoms with van der Waals surface area (Å²) >= 11 is 0. The molecule has 1 aromatic carbocycles. The summed E-state index contributed by atoms with van der Waals surface area (Å²) in [7, 11) is 3.44. The Labute approximate surface area is 145 Å². The minimum atomic E-state index is -4.16. The third-order valence-electron chi connectivity index (χ3n) is 2.81. The van der Waals surface area contributed by atoms with Gasteiger partial charge in [-0.3, -0.25) is 8.74 Å². The largest absolute Gasteiger partial charge is 0.397 e. The van der Waals surface area contributed by atoms with Crippen molar-refractivity contribution in [3.05, 3.63) is 41.5 Å². The lowest BCUT2D eigenvalue weighted by Gasteiger charge is -2.11. The first-order valence-electron chi connectivity index (χ1n) is 7.58. The second kappa shape index (κ2) is 12.0. The molecule has 1 aliphatic rings. The van der Waals surface area contributed by atoms with Crippen LogP contribution in [0.3, 0.4) is 0 Å².